The maximum Gasteiger partial charge on any atom is 0.346 e. The van der Waals surface area contributed by atoms with E-state index in [0.717, 1.165) is 5.56 Å². The quantitative estimate of drug-likeness (QED) is 0.287. The van der Waals surface area contributed by atoms with Gasteiger partial charge in [0.25, 0.3) is 5.95 Å². The molecule has 0 amide bonds. The molecule has 1 aromatic carbocycles. The van der Waals surface area contributed by atoms with Gasteiger partial charge < -0.3 is 19.3 Å². The summed E-state index contributed by atoms with van der Waals surface area (Å²) in [6.45, 7) is 4.23. The lowest BCUT2D eigenvalue weighted by Gasteiger charge is -2.26. The van der Waals surface area contributed by atoms with Gasteiger partial charge in [-0.15, -0.1) is 6.58 Å². The monoisotopic (exact) mass is 316 g/mol. The number of ether oxygens (including phenoxy) is 3. The largest absolute Gasteiger partial charge is 0.480 e. The molecule has 1 aliphatic rings. The van der Waals surface area contributed by atoms with Crippen LogP contribution in [0, 0.1) is 0 Å². The van der Waals surface area contributed by atoms with Crippen molar-refractivity contribution in [1.29, 1.82) is 0 Å². The predicted octanol–water partition coefficient (Wildman–Crippen LogP) is 3.00. The molecule has 1 aliphatic heterocycles. The van der Waals surface area contributed by atoms with E-state index in [0.29, 0.717) is 18.6 Å². The Balaban J connectivity index is 2.29. The summed E-state index contributed by atoms with van der Waals surface area (Å²) in [5, 5.41) is 9.87. The van der Waals surface area contributed by atoms with Crippen molar-refractivity contribution >= 4 is 12.0 Å². The maximum atomic E-state index is 12.2. The summed E-state index contributed by atoms with van der Waals surface area (Å²) in [7, 11) is 1.30. The highest BCUT2D eigenvalue weighted by Crippen LogP contribution is 2.30. The minimum Gasteiger partial charge on any atom is -0.480 e. The van der Waals surface area contributed by atoms with Gasteiger partial charge in [0.15, 0.2) is 0 Å². The molecule has 1 atom stereocenters. The molecular weight excluding hydrogens is 296 g/mol. The van der Waals surface area contributed by atoms with Crippen molar-refractivity contribution in [2.24, 2.45) is 0 Å². The van der Waals surface area contributed by atoms with Crippen LogP contribution in [0.1, 0.15) is 12.0 Å². The second-order valence-corrected chi connectivity index (χ2v) is 5.02. The first-order chi connectivity index (χ1) is 11.2. The van der Waals surface area contributed by atoms with Gasteiger partial charge in [0, 0.05) is 6.42 Å². The van der Waals surface area contributed by atoms with Gasteiger partial charge in [-0.25, -0.2) is 4.79 Å². The first kappa shape index (κ1) is 16.8. The smallest absolute Gasteiger partial charge is 0.346 e. The summed E-state index contributed by atoms with van der Waals surface area (Å²) in [4.78, 5) is 12.2. The fourth-order valence-electron chi connectivity index (χ4n) is 2.31. The molecule has 0 aliphatic carbocycles. The molecular formula is C18H20O5. The van der Waals surface area contributed by atoms with Crippen molar-refractivity contribution in [3.63, 3.8) is 0 Å². The zero-order valence-electron chi connectivity index (χ0n) is 13.0. The summed E-state index contributed by atoms with van der Waals surface area (Å²) < 4.78 is 15.5. The Morgan fingerprint density at radius 1 is 1.43 bits per heavy atom. The van der Waals surface area contributed by atoms with Gasteiger partial charge in [-0.1, -0.05) is 42.5 Å². The van der Waals surface area contributed by atoms with Crippen LogP contribution < -0.4 is 0 Å². The van der Waals surface area contributed by atoms with E-state index < -0.39 is 18.0 Å². The fraction of sp³-hybridized carbons (Fsp3) is 0.278. The Kier molecular flexibility index (Phi) is 6.00. The molecule has 0 bridgehead atoms. The summed E-state index contributed by atoms with van der Waals surface area (Å²) >= 11 is 0. The van der Waals surface area contributed by atoms with E-state index in [4.69, 9.17) is 14.2 Å². The van der Waals surface area contributed by atoms with Crippen molar-refractivity contribution in [3.05, 3.63) is 65.6 Å². The lowest BCUT2D eigenvalue weighted by Crippen LogP contribution is -2.32. The molecule has 1 aromatic rings. The lowest BCUT2D eigenvalue weighted by atomic mass is 9.95. The van der Waals surface area contributed by atoms with Gasteiger partial charge in [-0.05, 0) is 11.1 Å². The summed E-state index contributed by atoms with van der Waals surface area (Å²) in [6, 6.07) is 9.54. The second-order valence-electron chi connectivity index (χ2n) is 5.02. The van der Waals surface area contributed by atoms with Gasteiger partial charge in [-0.2, -0.15) is 0 Å². The Morgan fingerprint density at radius 3 is 2.83 bits per heavy atom. The van der Waals surface area contributed by atoms with Crippen LogP contribution in [0.25, 0.3) is 6.08 Å². The summed E-state index contributed by atoms with van der Waals surface area (Å²) in [5.41, 5.74) is 1.62. The number of hydrogen-bond acceptors (Lipinski definition) is 5. The minimum atomic E-state index is -0.620. The molecule has 1 heterocycles. The molecule has 5 nitrogen and oxygen atoms in total. The number of cyclic esters (lactones) is 1. The zero-order valence-corrected chi connectivity index (χ0v) is 13.0. The van der Waals surface area contributed by atoms with E-state index in [1.807, 2.05) is 36.4 Å². The number of benzene rings is 1. The molecule has 5 heteroatoms. The van der Waals surface area contributed by atoms with E-state index in [9.17, 15) is 9.90 Å². The minimum absolute atomic E-state index is 0.0522. The highest BCUT2D eigenvalue weighted by molar-refractivity contribution is 5.96. The molecule has 0 aromatic heterocycles. The summed E-state index contributed by atoms with van der Waals surface area (Å²) in [6.07, 6.45) is 3.49. The molecule has 2 rings (SSSR count). The van der Waals surface area contributed by atoms with E-state index in [1.165, 1.54) is 7.11 Å². The molecule has 1 unspecified atom stereocenters. The first-order valence-electron chi connectivity index (χ1n) is 7.28. The van der Waals surface area contributed by atoms with E-state index in [1.54, 1.807) is 6.08 Å². The van der Waals surface area contributed by atoms with Crippen molar-refractivity contribution < 1.29 is 24.1 Å². The number of esters is 1. The van der Waals surface area contributed by atoms with Gasteiger partial charge in [-0.3, -0.25) is 0 Å². The number of aliphatic hydroxyl groups excluding tert-OH is 1. The van der Waals surface area contributed by atoms with E-state index in [-0.39, 0.29) is 12.2 Å². The average Bonchev–Trinajstić information content (AvgIpc) is 2.55. The number of carbonyl (C=O) groups is 1. The van der Waals surface area contributed by atoms with Crippen LogP contribution in [-0.4, -0.2) is 37.5 Å². The first-order valence-corrected chi connectivity index (χ1v) is 7.28. The highest BCUT2D eigenvalue weighted by Gasteiger charge is 2.33. The predicted molar refractivity (Wildman–Crippen MR) is 86.6 cm³/mol. The normalized spacial score (nSPS) is 21.7. The number of methoxy groups -OCH3 is 1. The van der Waals surface area contributed by atoms with Crippen molar-refractivity contribution in [2.45, 2.75) is 12.5 Å². The number of carbonyl (C=O) groups excluding carboxylic acids is 1. The van der Waals surface area contributed by atoms with Crippen LogP contribution in [0.4, 0.5) is 0 Å². The third-order valence-electron chi connectivity index (χ3n) is 3.33. The van der Waals surface area contributed by atoms with Crippen molar-refractivity contribution in [3.8, 4) is 0 Å². The average molecular weight is 316 g/mol. The SMILES string of the molecule is C=CCOCC1CC(=Cc2ccccc2)/C(=C(\O)OC)C(=O)O1. The van der Waals surface area contributed by atoms with Crippen LogP contribution >= 0.6 is 0 Å². The van der Waals surface area contributed by atoms with Gasteiger partial charge in [0.1, 0.15) is 11.7 Å². The second kappa shape index (κ2) is 8.19. The number of aliphatic hydroxyl groups is 1. The van der Waals surface area contributed by atoms with Crippen LogP contribution in [0.15, 0.2) is 60.1 Å². The van der Waals surface area contributed by atoms with Crippen molar-refractivity contribution in [1.82, 2.24) is 0 Å². The Morgan fingerprint density at radius 2 is 2.17 bits per heavy atom. The van der Waals surface area contributed by atoms with Gasteiger partial charge in [0.05, 0.1) is 20.3 Å². The Hall–Kier alpha value is -2.53. The zero-order chi connectivity index (χ0) is 16.7. The topological polar surface area (TPSA) is 65.0 Å². The lowest BCUT2D eigenvalue weighted by molar-refractivity contribution is -0.149. The number of hydrogen-bond donors (Lipinski definition) is 1. The molecule has 0 saturated carbocycles. The molecule has 23 heavy (non-hydrogen) atoms. The molecule has 0 spiro atoms. The molecule has 1 N–H and O–H groups in total. The van der Waals surface area contributed by atoms with Crippen molar-refractivity contribution in [2.75, 3.05) is 20.3 Å². The molecule has 122 valence electrons. The maximum absolute atomic E-state index is 12.2. The Bertz CT molecular complexity index is 616. The van der Waals surface area contributed by atoms with Gasteiger partial charge in [0.2, 0.25) is 0 Å². The number of rotatable bonds is 6. The van der Waals surface area contributed by atoms with Crippen LogP contribution in [0.3, 0.4) is 0 Å². The van der Waals surface area contributed by atoms with Crippen LogP contribution in [0.2, 0.25) is 0 Å². The van der Waals surface area contributed by atoms with Crippen LogP contribution in [0.5, 0.6) is 0 Å². The fourth-order valence-corrected chi connectivity index (χ4v) is 2.31. The van der Waals surface area contributed by atoms with Crippen LogP contribution in [-0.2, 0) is 19.0 Å². The third-order valence-corrected chi connectivity index (χ3v) is 3.33. The molecule has 1 fully saturated rings. The third kappa shape index (κ3) is 4.47. The molecule has 0 radical (unpaired) electrons. The standard InChI is InChI=1S/C18H20O5/c1-3-9-22-12-15-11-14(10-13-7-5-4-6-8-13)16(17(19)21-2)18(20)23-15/h3-8,10,15,19H,1,9,11-12H2,2H3/b14-10?,17-16-. The van der Waals surface area contributed by atoms with E-state index in [2.05, 4.69) is 6.58 Å². The highest BCUT2D eigenvalue weighted by atomic mass is 16.6. The summed E-state index contributed by atoms with van der Waals surface area (Å²) in [5.74, 6) is -1.06. The van der Waals surface area contributed by atoms with E-state index >= 15 is 0 Å². The Labute approximate surface area is 135 Å². The van der Waals surface area contributed by atoms with Gasteiger partial charge >= 0.3 is 5.97 Å². The molecule has 1 saturated heterocycles.